The van der Waals surface area contributed by atoms with Crippen molar-refractivity contribution in [2.24, 2.45) is 5.10 Å². The Morgan fingerprint density at radius 3 is 2.21 bits per heavy atom. The topological polar surface area (TPSA) is 116 Å². The minimum Gasteiger partial charge on any atom is -0.347 e. The van der Waals surface area contributed by atoms with Gasteiger partial charge >= 0.3 is 6.18 Å². The molecule has 9 nitrogen and oxygen atoms in total. The number of nitrogens with one attached hydrogen (secondary N) is 3. The summed E-state index contributed by atoms with van der Waals surface area (Å²) >= 11 is 0.998. The summed E-state index contributed by atoms with van der Waals surface area (Å²) in [6.45, 7) is 3.43. The highest BCUT2D eigenvalue weighted by Gasteiger charge is 2.33. The van der Waals surface area contributed by atoms with Gasteiger partial charge in [-0.2, -0.15) is 23.3 Å². The summed E-state index contributed by atoms with van der Waals surface area (Å²) in [5.74, 6) is -1.42. The molecule has 3 aromatic rings. The van der Waals surface area contributed by atoms with E-state index in [1.165, 1.54) is 12.1 Å². The quantitative estimate of drug-likeness (QED) is 0.308. The van der Waals surface area contributed by atoms with Gasteiger partial charge in [-0.1, -0.05) is 0 Å². The van der Waals surface area contributed by atoms with Gasteiger partial charge in [0.1, 0.15) is 0 Å². The van der Waals surface area contributed by atoms with E-state index in [1.54, 1.807) is 38.4 Å². The molecular weight excluding hydrogens is 521 g/mol. The van der Waals surface area contributed by atoms with Gasteiger partial charge in [-0.15, -0.1) is 11.3 Å². The molecule has 38 heavy (non-hydrogen) atoms. The van der Waals surface area contributed by atoms with E-state index in [1.807, 2.05) is 0 Å². The third kappa shape index (κ3) is 5.89. The fraction of sp³-hybridized carbons (Fsp3) is 0.160. The van der Waals surface area contributed by atoms with Gasteiger partial charge in [0.2, 0.25) is 0 Å². The van der Waals surface area contributed by atoms with Crippen LogP contribution in [0.25, 0.3) is 0 Å². The molecule has 0 saturated carbocycles. The molecule has 0 saturated heterocycles. The zero-order valence-corrected chi connectivity index (χ0v) is 20.9. The maximum atomic E-state index is 12.9. The molecule has 196 valence electrons. The Morgan fingerprint density at radius 1 is 0.947 bits per heavy atom. The smallest absolute Gasteiger partial charge is 0.347 e. The Bertz CT molecular complexity index is 1430. The van der Waals surface area contributed by atoms with Crippen molar-refractivity contribution in [3.05, 3.63) is 93.1 Å². The first-order valence-electron chi connectivity index (χ1n) is 11.2. The molecule has 0 radical (unpaired) electrons. The van der Waals surface area contributed by atoms with Gasteiger partial charge in [-0.3, -0.25) is 24.8 Å². The van der Waals surface area contributed by atoms with Crippen molar-refractivity contribution in [1.29, 1.82) is 0 Å². The van der Waals surface area contributed by atoms with E-state index >= 15 is 0 Å². The van der Waals surface area contributed by atoms with Crippen LogP contribution in [0.3, 0.4) is 0 Å². The summed E-state index contributed by atoms with van der Waals surface area (Å²) < 4.78 is 38.5. The standard InChI is InChI=1S/C25H21F3N6O3S/c1-14(21-15(2)33-34(24(21)37)18-5-3-17(4-6-18)25(26,27)28)31-32-23(36)20-8-7-19(38-20)22(35)30-13-16-9-11-29-12-10-16/h3-12,31H,13H2,1-2H3,(H,30,35)(H,32,36)/b21-14-. The number of alkyl halides is 3. The number of amides is 3. The average Bonchev–Trinajstić information content (AvgIpc) is 3.50. The van der Waals surface area contributed by atoms with Crippen LogP contribution in [0.4, 0.5) is 18.9 Å². The van der Waals surface area contributed by atoms with Crippen molar-refractivity contribution >= 4 is 40.5 Å². The second-order valence-corrected chi connectivity index (χ2v) is 9.21. The lowest BCUT2D eigenvalue weighted by Gasteiger charge is -2.14. The largest absolute Gasteiger partial charge is 0.416 e. The second-order valence-electron chi connectivity index (χ2n) is 8.13. The van der Waals surface area contributed by atoms with Gasteiger partial charge in [-0.25, -0.2) is 0 Å². The SMILES string of the molecule is CC1=NN(c2ccc(C(F)(F)F)cc2)C(=O)/C1=C(/C)NNC(=O)c1ccc(C(=O)NCc2ccncc2)s1. The Kier molecular flexibility index (Phi) is 7.57. The molecule has 0 unspecified atom stereocenters. The maximum absolute atomic E-state index is 12.9. The zero-order valence-electron chi connectivity index (χ0n) is 20.1. The summed E-state index contributed by atoms with van der Waals surface area (Å²) in [6, 6.07) is 10.7. The van der Waals surface area contributed by atoms with Crippen LogP contribution in [0.2, 0.25) is 0 Å². The van der Waals surface area contributed by atoms with E-state index in [9.17, 15) is 27.6 Å². The molecular formula is C25H21F3N6O3S. The molecule has 3 amide bonds. The summed E-state index contributed by atoms with van der Waals surface area (Å²) in [7, 11) is 0. The normalized spacial score (nSPS) is 14.7. The van der Waals surface area contributed by atoms with Crippen LogP contribution in [0.5, 0.6) is 0 Å². The van der Waals surface area contributed by atoms with Gasteiger partial charge in [0.25, 0.3) is 17.7 Å². The first-order chi connectivity index (χ1) is 18.0. The minimum absolute atomic E-state index is 0.160. The van der Waals surface area contributed by atoms with Crippen LogP contribution in [0.15, 0.2) is 77.3 Å². The number of nitrogens with zero attached hydrogens (tertiary/aromatic N) is 3. The highest BCUT2D eigenvalue weighted by atomic mass is 32.1. The lowest BCUT2D eigenvalue weighted by atomic mass is 10.1. The van der Waals surface area contributed by atoms with Crippen molar-refractivity contribution in [1.82, 2.24) is 21.2 Å². The summed E-state index contributed by atoms with van der Waals surface area (Å²) in [4.78, 5) is 42.5. The average molecular weight is 543 g/mol. The number of thiophene rings is 1. The third-order valence-corrected chi connectivity index (χ3v) is 6.53. The lowest BCUT2D eigenvalue weighted by molar-refractivity contribution is -0.137. The van der Waals surface area contributed by atoms with E-state index < -0.39 is 23.6 Å². The molecule has 0 bridgehead atoms. The molecule has 0 aliphatic carbocycles. The number of hydrazone groups is 1. The van der Waals surface area contributed by atoms with E-state index in [0.29, 0.717) is 17.1 Å². The number of hydrazine groups is 1. The molecule has 1 aliphatic heterocycles. The Morgan fingerprint density at radius 2 is 1.58 bits per heavy atom. The highest BCUT2D eigenvalue weighted by Crippen LogP contribution is 2.32. The zero-order chi connectivity index (χ0) is 27.4. The van der Waals surface area contributed by atoms with Crippen molar-refractivity contribution in [2.75, 3.05) is 5.01 Å². The molecule has 1 aliphatic rings. The fourth-order valence-electron chi connectivity index (χ4n) is 3.53. The summed E-state index contributed by atoms with van der Waals surface area (Å²) in [6.07, 6.45) is -1.25. The minimum atomic E-state index is -4.50. The molecule has 0 atom stereocenters. The molecule has 13 heteroatoms. The van der Waals surface area contributed by atoms with Crippen molar-refractivity contribution in [2.45, 2.75) is 26.6 Å². The van der Waals surface area contributed by atoms with Crippen LogP contribution in [0, 0.1) is 0 Å². The van der Waals surface area contributed by atoms with Gasteiger partial charge in [-0.05, 0) is 67.9 Å². The molecule has 4 rings (SSSR count). The van der Waals surface area contributed by atoms with Gasteiger partial charge < -0.3 is 10.7 Å². The van der Waals surface area contributed by atoms with Crippen LogP contribution >= 0.6 is 11.3 Å². The molecule has 3 N–H and O–H groups in total. The van der Waals surface area contributed by atoms with E-state index in [2.05, 4.69) is 26.3 Å². The van der Waals surface area contributed by atoms with Crippen LogP contribution in [0.1, 0.15) is 44.3 Å². The van der Waals surface area contributed by atoms with Crippen molar-refractivity contribution in [3.63, 3.8) is 0 Å². The Hall–Kier alpha value is -4.52. The number of anilines is 1. The molecule has 1 aromatic carbocycles. The molecule has 3 heterocycles. The fourth-order valence-corrected chi connectivity index (χ4v) is 4.35. The van der Waals surface area contributed by atoms with Gasteiger partial charge in [0.05, 0.1) is 32.3 Å². The Labute approximate surface area is 219 Å². The number of hydrogen-bond acceptors (Lipinski definition) is 7. The number of aromatic nitrogens is 1. The molecule has 2 aromatic heterocycles. The molecule has 0 spiro atoms. The molecule has 0 fully saturated rings. The van der Waals surface area contributed by atoms with Gasteiger partial charge in [0, 0.05) is 24.6 Å². The Balaban J connectivity index is 1.37. The highest BCUT2D eigenvalue weighted by molar-refractivity contribution is 7.15. The van der Waals surface area contributed by atoms with Crippen LogP contribution in [-0.2, 0) is 17.5 Å². The number of halogens is 3. The summed E-state index contributed by atoms with van der Waals surface area (Å²) in [5, 5.41) is 7.91. The number of rotatable bonds is 7. The van der Waals surface area contributed by atoms with Crippen molar-refractivity contribution < 1.29 is 27.6 Å². The van der Waals surface area contributed by atoms with Gasteiger partial charge in [0.15, 0.2) is 0 Å². The number of allylic oxidation sites excluding steroid dienone is 1. The monoisotopic (exact) mass is 542 g/mol. The number of benzene rings is 1. The predicted octanol–water partition coefficient (Wildman–Crippen LogP) is 4.02. The second kappa shape index (κ2) is 10.8. The van der Waals surface area contributed by atoms with E-state index in [4.69, 9.17) is 0 Å². The number of hydrogen-bond donors (Lipinski definition) is 3. The third-order valence-electron chi connectivity index (χ3n) is 5.45. The van der Waals surface area contributed by atoms with E-state index in [0.717, 1.165) is 46.2 Å². The number of carbonyl (C=O) groups excluding carboxylic acids is 3. The summed E-state index contributed by atoms with van der Waals surface area (Å²) in [5.41, 5.74) is 6.12. The number of carbonyl (C=O) groups is 3. The number of pyridine rings is 1. The predicted molar refractivity (Wildman–Crippen MR) is 135 cm³/mol. The first-order valence-corrected chi connectivity index (χ1v) is 12.0. The maximum Gasteiger partial charge on any atom is 0.416 e. The van der Waals surface area contributed by atoms with Crippen molar-refractivity contribution in [3.8, 4) is 0 Å². The van der Waals surface area contributed by atoms with Crippen LogP contribution < -0.4 is 21.2 Å². The lowest BCUT2D eigenvalue weighted by Crippen LogP contribution is -2.37. The van der Waals surface area contributed by atoms with Crippen LogP contribution in [-0.4, -0.2) is 28.4 Å². The van der Waals surface area contributed by atoms with E-state index in [-0.39, 0.29) is 27.7 Å². The first kappa shape index (κ1) is 26.5.